The van der Waals surface area contributed by atoms with E-state index < -0.39 is 0 Å². The Morgan fingerprint density at radius 1 is 0.963 bits per heavy atom. The zero-order valence-corrected chi connectivity index (χ0v) is 15.0. The number of nitrogens with one attached hydrogen (secondary N) is 2. The predicted octanol–water partition coefficient (Wildman–Crippen LogP) is 5.49. The van der Waals surface area contributed by atoms with Crippen molar-refractivity contribution < 1.29 is 9.53 Å². The minimum absolute atomic E-state index is 0.183. The van der Waals surface area contributed by atoms with Crippen LogP contribution in [0.1, 0.15) is 17.3 Å². The van der Waals surface area contributed by atoms with E-state index in [2.05, 4.69) is 28.5 Å². The van der Waals surface area contributed by atoms with Gasteiger partial charge in [-0.3, -0.25) is 4.79 Å². The maximum atomic E-state index is 12.6. The van der Waals surface area contributed by atoms with Crippen LogP contribution in [0.25, 0.3) is 22.2 Å². The van der Waals surface area contributed by atoms with Crippen molar-refractivity contribution >= 4 is 22.5 Å². The van der Waals surface area contributed by atoms with Gasteiger partial charge in [0.15, 0.2) is 0 Å². The number of hydrogen-bond acceptors (Lipinski definition) is 2. The number of ether oxygens (including phenoxy) is 1. The summed E-state index contributed by atoms with van der Waals surface area (Å²) in [5, 5.41) is 4.11. The molecule has 1 heterocycles. The molecule has 4 aromatic rings. The van der Waals surface area contributed by atoms with Crippen LogP contribution in [-0.2, 0) is 0 Å². The highest BCUT2D eigenvalue weighted by atomic mass is 16.5. The van der Waals surface area contributed by atoms with Crippen molar-refractivity contribution in [2.75, 3.05) is 11.9 Å². The average Bonchev–Trinajstić information content (AvgIpc) is 3.13. The van der Waals surface area contributed by atoms with Gasteiger partial charge in [-0.05, 0) is 48.9 Å². The maximum absolute atomic E-state index is 12.6. The number of aromatic nitrogens is 1. The van der Waals surface area contributed by atoms with Crippen molar-refractivity contribution in [3.05, 3.63) is 84.4 Å². The lowest BCUT2D eigenvalue weighted by Gasteiger charge is -2.10. The number of aromatic amines is 1. The summed E-state index contributed by atoms with van der Waals surface area (Å²) in [4.78, 5) is 16.0. The molecule has 0 aliphatic heterocycles. The summed E-state index contributed by atoms with van der Waals surface area (Å²) < 4.78 is 5.54. The lowest BCUT2D eigenvalue weighted by molar-refractivity contribution is 0.102. The second-order valence-corrected chi connectivity index (χ2v) is 6.23. The number of fused-ring (bicyclic) bond motifs is 1. The first kappa shape index (κ1) is 16.9. The van der Waals surface area contributed by atoms with Crippen molar-refractivity contribution in [3.63, 3.8) is 0 Å². The molecule has 0 aliphatic carbocycles. The third-order valence-electron chi connectivity index (χ3n) is 4.42. The van der Waals surface area contributed by atoms with Gasteiger partial charge >= 0.3 is 0 Å². The fraction of sp³-hybridized carbons (Fsp3) is 0.0870. The van der Waals surface area contributed by atoms with E-state index in [1.54, 1.807) is 12.1 Å². The summed E-state index contributed by atoms with van der Waals surface area (Å²) in [6.07, 6.45) is 0. The molecule has 0 fully saturated rings. The van der Waals surface area contributed by atoms with E-state index in [4.69, 9.17) is 4.74 Å². The monoisotopic (exact) mass is 356 g/mol. The van der Waals surface area contributed by atoms with E-state index >= 15 is 0 Å². The van der Waals surface area contributed by atoms with Crippen LogP contribution in [0.4, 0.5) is 5.69 Å². The Bertz CT molecular complexity index is 1050. The number of para-hydroxylation sites is 2. The molecule has 4 rings (SSSR count). The molecule has 4 nitrogen and oxygen atoms in total. The van der Waals surface area contributed by atoms with Gasteiger partial charge in [0.25, 0.3) is 5.91 Å². The van der Waals surface area contributed by atoms with Crippen LogP contribution in [0.2, 0.25) is 0 Å². The number of benzene rings is 3. The molecule has 2 N–H and O–H groups in total. The molecule has 0 saturated carbocycles. The molecule has 0 aliphatic rings. The second-order valence-electron chi connectivity index (χ2n) is 6.23. The third-order valence-corrected chi connectivity index (χ3v) is 4.42. The number of carbonyl (C=O) groups is 1. The van der Waals surface area contributed by atoms with Crippen molar-refractivity contribution in [3.8, 4) is 17.0 Å². The molecule has 4 heteroatoms. The van der Waals surface area contributed by atoms with Crippen LogP contribution in [0.3, 0.4) is 0 Å². The number of anilines is 1. The normalized spacial score (nSPS) is 10.7. The van der Waals surface area contributed by atoms with Gasteiger partial charge in [0.2, 0.25) is 0 Å². The van der Waals surface area contributed by atoms with Crippen molar-refractivity contribution in [1.29, 1.82) is 0 Å². The Morgan fingerprint density at radius 3 is 2.48 bits per heavy atom. The maximum Gasteiger partial charge on any atom is 0.259 e. The molecule has 0 atom stereocenters. The van der Waals surface area contributed by atoms with Crippen molar-refractivity contribution in [2.24, 2.45) is 0 Å². The fourth-order valence-electron chi connectivity index (χ4n) is 3.10. The van der Waals surface area contributed by atoms with Crippen LogP contribution < -0.4 is 10.1 Å². The van der Waals surface area contributed by atoms with Gasteiger partial charge in [-0.1, -0.05) is 42.5 Å². The van der Waals surface area contributed by atoms with Gasteiger partial charge in [0.05, 0.1) is 12.2 Å². The number of carbonyl (C=O) groups excluding carboxylic acids is 1. The van der Waals surface area contributed by atoms with Gasteiger partial charge in [0.1, 0.15) is 5.75 Å². The average molecular weight is 356 g/mol. The Hall–Kier alpha value is -3.53. The summed E-state index contributed by atoms with van der Waals surface area (Å²) in [5.74, 6) is 0.407. The summed E-state index contributed by atoms with van der Waals surface area (Å²) in [7, 11) is 0. The van der Waals surface area contributed by atoms with E-state index in [0.29, 0.717) is 17.9 Å². The van der Waals surface area contributed by atoms with Crippen LogP contribution in [-0.4, -0.2) is 17.5 Å². The molecule has 134 valence electrons. The Morgan fingerprint density at radius 2 is 1.70 bits per heavy atom. The van der Waals surface area contributed by atoms with Gasteiger partial charge in [-0.15, -0.1) is 0 Å². The highest BCUT2D eigenvalue weighted by molar-refractivity contribution is 6.06. The van der Waals surface area contributed by atoms with Crippen LogP contribution in [0, 0.1) is 0 Å². The van der Waals surface area contributed by atoms with E-state index in [-0.39, 0.29) is 5.91 Å². The summed E-state index contributed by atoms with van der Waals surface area (Å²) >= 11 is 0. The molecule has 27 heavy (non-hydrogen) atoms. The third kappa shape index (κ3) is 3.55. The molecule has 1 aromatic heterocycles. The van der Waals surface area contributed by atoms with E-state index in [0.717, 1.165) is 22.5 Å². The summed E-state index contributed by atoms with van der Waals surface area (Å²) in [6, 6.07) is 25.4. The number of H-pyrrole nitrogens is 1. The largest absolute Gasteiger partial charge is 0.493 e. The van der Waals surface area contributed by atoms with Gasteiger partial charge in [-0.2, -0.15) is 0 Å². The van der Waals surface area contributed by atoms with Crippen molar-refractivity contribution in [1.82, 2.24) is 4.98 Å². The smallest absolute Gasteiger partial charge is 0.259 e. The molecular weight excluding hydrogens is 336 g/mol. The Kier molecular flexibility index (Phi) is 4.62. The van der Waals surface area contributed by atoms with Crippen LogP contribution in [0.15, 0.2) is 78.9 Å². The number of amides is 1. The summed E-state index contributed by atoms with van der Waals surface area (Å²) in [6.45, 7) is 2.42. The molecule has 0 radical (unpaired) electrons. The lowest BCUT2D eigenvalue weighted by Crippen LogP contribution is -2.13. The Balaban J connectivity index is 1.53. The van der Waals surface area contributed by atoms with Gasteiger partial charge in [0, 0.05) is 22.3 Å². The van der Waals surface area contributed by atoms with Crippen LogP contribution in [0.5, 0.6) is 5.75 Å². The quantitative estimate of drug-likeness (QED) is 0.497. The standard InChI is InChI=1S/C23H20N2O2/c1-2-27-22-10-6-4-8-19(22)23(26)24-18-13-11-16(12-14-18)21-15-17-7-3-5-9-20(17)25-21/h3-15,25H,2H2,1H3,(H,24,26). The minimum Gasteiger partial charge on any atom is -0.493 e. The summed E-state index contributed by atoms with van der Waals surface area (Å²) in [5.41, 5.74) is 4.50. The first-order chi connectivity index (χ1) is 13.2. The van der Waals surface area contributed by atoms with Crippen molar-refractivity contribution in [2.45, 2.75) is 6.92 Å². The molecular formula is C23H20N2O2. The zero-order valence-electron chi connectivity index (χ0n) is 15.0. The lowest BCUT2D eigenvalue weighted by atomic mass is 10.1. The topological polar surface area (TPSA) is 54.1 Å². The SMILES string of the molecule is CCOc1ccccc1C(=O)Nc1ccc(-c2cc3ccccc3[nH]2)cc1. The van der Waals surface area contributed by atoms with Gasteiger partial charge < -0.3 is 15.0 Å². The van der Waals surface area contributed by atoms with E-state index in [1.807, 2.05) is 55.5 Å². The number of hydrogen-bond donors (Lipinski definition) is 2. The minimum atomic E-state index is -0.183. The molecule has 1 amide bonds. The molecule has 0 bridgehead atoms. The fourth-order valence-corrected chi connectivity index (χ4v) is 3.10. The van der Waals surface area contributed by atoms with Crippen LogP contribution >= 0.6 is 0 Å². The van der Waals surface area contributed by atoms with E-state index in [9.17, 15) is 4.79 Å². The number of rotatable bonds is 5. The van der Waals surface area contributed by atoms with Gasteiger partial charge in [-0.25, -0.2) is 0 Å². The molecule has 3 aromatic carbocycles. The second kappa shape index (κ2) is 7.38. The first-order valence-corrected chi connectivity index (χ1v) is 8.96. The first-order valence-electron chi connectivity index (χ1n) is 8.96. The molecule has 0 saturated heterocycles. The zero-order chi connectivity index (χ0) is 18.6. The predicted molar refractivity (Wildman–Crippen MR) is 109 cm³/mol. The Labute approximate surface area is 157 Å². The molecule has 0 spiro atoms. The highest BCUT2D eigenvalue weighted by Crippen LogP contribution is 2.26. The van der Waals surface area contributed by atoms with E-state index in [1.165, 1.54) is 5.39 Å². The highest BCUT2D eigenvalue weighted by Gasteiger charge is 2.12. The molecule has 0 unspecified atom stereocenters.